The molecule has 0 heterocycles. The molecular weight excluding hydrogens is 220 g/mol. The molecule has 0 bridgehead atoms. The summed E-state index contributed by atoms with van der Waals surface area (Å²) in [5, 5.41) is 0. The molecule has 0 radical (unpaired) electrons. The standard InChI is InChI=1S/C13H22O4/c1-4-6-9-7-5-8-10(11(9)14)12(15)13(16-2)17-3/h9-10,13H,4-8H2,1-3H3/t9-,10+/m0/s1. The van der Waals surface area contributed by atoms with Crippen molar-refractivity contribution in [2.75, 3.05) is 14.2 Å². The van der Waals surface area contributed by atoms with Crippen molar-refractivity contribution in [3.05, 3.63) is 0 Å². The fourth-order valence-electron chi connectivity index (χ4n) is 2.55. The lowest BCUT2D eigenvalue weighted by Gasteiger charge is -2.28. The molecule has 4 heteroatoms. The van der Waals surface area contributed by atoms with E-state index in [1.165, 1.54) is 14.2 Å². The number of ketones is 2. The van der Waals surface area contributed by atoms with Crippen LogP contribution in [0.1, 0.15) is 39.0 Å². The second-order valence-electron chi connectivity index (χ2n) is 4.58. The molecule has 0 aromatic rings. The van der Waals surface area contributed by atoms with Crippen LogP contribution in [0.15, 0.2) is 0 Å². The van der Waals surface area contributed by atoms with E-state index in [1.54, 1.807) is 0 Å². The van der Waals surface area contributed by atoms with Crippen LogP contribution in [0.5, 0.6) is 0 Å². The summed E-state index contributed by atoms with van der Waals surface area (Å²) < 4.78 is 9.87. The highest BCUT2D eigenvalue weighted by Crippen LogP contribution is 2.30. The molecule has 0 N–H and O–H groups in total. The molecule has 1 aliphatic carbocycles. The van der Waals surface area contributed by atoms with Crippen molar-refractivity contribution in [2.24, 2.45) is 11.8 Å². The molecule has 4 nitrogen and oxygen atoms in total. The summed E-state index contributed by atoms with van der Waals surface area (Å²) in [6, 6.07) is 0. The van der Waals surface area contributed by atoms with E-state index < -0.39 is 12.2 Å². The molecule has 1 saturated carbocycles. The van der Waals surface area contributed by atoms with Crippen molar-refractivity contribution in [1.29, 1.82) is 0 Å². The fourth-order valence-corrected chi connectivity index (χ4v) is 2.55. The Morgan fingerprint density at radius 2 is 2.00 bits per heavy atom. The van der Waals surface area contributed by atoms with E-state index >= 15 is 0 Å². The lowest BCUT2D eigenvalue weighted by atomic mass is 9.76. The van der Waals surface area contributed by atoms with Gasteiger partial charge in [-0.3, -0.25) is 9.59 Å². The Labute approximate surface area is 103 Å². The van der Waals surface area contributed by atoms with Crippen molar-refractivity contribution in [3.8, 4) is 0 Å². The van der Waals surface area contributed by atoms with Gasteiger partial charge in [0.25, 0.3) is 0 Å². The van der Waals surface area contributed by atoms with Crippen LogP contribution in [0.4, 0.5) is 0 Å². The molecule has 1 fully saturated rings. The quantitative estimate of drug-likeness (QED) is 0.528. The minimum absolute atomic E-state index is 0.0528. The molecule has 0 aliphatic heterocycles. The summed E-state index contributed by atoms with van der Waals surface area (Å²) in [6.07, 6.45) is 3.46. The number of hydrogen-bond acceptors (Lipinski definition) is 4. The highest BCUT2D eigenvalue weighted by atomic mass is 16.7. The van der Waals surface area contributed by atoms with Crippen LogP contribution in [-0.2, 0) is 19.1 Å². The van der Waals surface area contributed by atoms with Crippen molar-refractivity contribution >= 4 is 11.6 Å². The number of Topliss-reactive ketones (excluding diaryl/α,β-unsaturated/α-hetero) is 2. The second-order valence-corrected chi connectivity index (χ2v) is 4.58. The van der Waals surface area contributed by atoms with Gasteiger partial charge in [-0.2, -0.15) is 0 Å². The summed E-state index contributed by atoms with van der Waals surface area (Å²) in [7, 11) is 2.84. The van der Waals surface area contributed by atoms with Gasteiger partial charge in [0, 0.05) is 20.1 Å². The van der Waals surface area contributed by atoms with E-state index in [-0.39, 0.29) is 17.5 Å². The van der Waals surface area contributed by atoms with E-state index in [2.05, 4.69) is 6.92 Å². The lowest BCUT2D eigenvalue weighted by Crippen LogP contribution is -2.40. The zero-order chi connectivity index (χ0) is 12.8. The van der Waals surface area contributed by atoms with Crippen LogP contribution in [0.2, 0.25) is 0 Å². The SMILES string of the molecule is CCC[C@H]1CCC[C@@H](C(=O)C(OC)OC)C1=O. The Kier molecular flexibility index (Phi) is 5.78. The normalized spacial score (nSPS) is 25.3. The number of carbonyl (C=O) groups excluding carboxylic acids is 2. The van der Waals surface area contributed by atoms with E-state index in [4.69, 9.17) is 9.47 Å². The molecule has 0 unspecified atom stereocenters. The average molecular weight is 242 g/mol. The van der Waals surface area contributed by atoms with Crippen LogP contribution in [-0.4, -0.2) is 32.1 Å². The Morgan fingerprint density at radius 3 is 2.53 bits per heavy atom. The second kappa shape index (κ2) is 6.87. The maximum Gasteiger partial charge on any atom is 0.218 e. The first-order valence-electron chi connectivity index (χ1n) is 6.28. The van der Waals surface area contributed by atoms with E-state index in [1.807, 2.05) is 0 Å². The maximum atomic E-state index is 12.2. The molecule has 1 rings (SSSR count). The highest BCUT2D eigenvalue weighted by Gasteiger charge is 2.38. The molecule has 0 aromatic heterocycles. The first-order chi connectivity index (χ1) is 8.15. The van der Waals surface area contributed by atoms with Gasteiger partial charge in [-0.25, -0.2) is 0 Å². The van der Waals surface area contributed by atoms with Crippen LogP contribution < -0.4 is 0 Å². The third-order valence-electron chi connectivity index (χ3n) is 3.43. The van der Waals surface area contributed by atoms with Crippen LogP contribution >= 0.6 is 0 Å². The Hall–Kier alpha value is -0.740. The Balaban J connectivity index is 2.69. The number of rotatable bonds is 6. The topological polar surface area (TPSA) is 52.6 Å². The zero-order valence-electron chi connectivity index (χ0n) is 10.9. The third kappa shape index (κ3) is 3.36. The smallest absolute Gasteiger partial charge is 0.218 e. The van der Waals surface area contributed by atoms with E-state index in [0.29, 0.717) is 6.42 Å². The summed E-state index contributed by atoms with van der Waals surface area (Å²) in [5.74, 6) is -0.606. The molecule has 2 atom stereocenters. The zero-order valence-corrected chi connectivity index (χ0v) is 10.9. The minimum Gasteiger partial charge on any atom is -0.349 e. The predicted octanol–water partition coefficient (Wildman–Crippen LogP) is 1.96. The molecule has 0 spiro atoms. The van der Waals surface area contributed by atoms with Crippen molar-refractivity contribution < 1.29 is 19.1 Å². The summed E-state index contributed by atoms with van der Waals surface area (Å²) in [5.41, 5.74) is 0. The number of methoxy groups -OCH3 is 2. The van der Waals surface area contributed by atoms with Gasteiger partial charge in [-0.15, -0.1) is 0 Å². The predicted molar refractivity (Wildman–Crippen MR) is 63.6 cm³/mol. The summed E-state index contributed by atoms with van der Waals surface area (Å²) in [4.78, 5) is 24.2. The molecule has 98 valence electrons. The molecular formula is C13H22O4. The first kappa shape index (κ1) is 14.3. The van der Waals surface area contributed by atoms with Gasteiger partial charge in [0.05, 0.1) is 5.92 Å². The lowest BCUT2D eigenvalue weighted by molar-refractivity contribution is -0.164. The minimum atomic E-state index is -0.899. The van der Waals surface area contributed by atoms with Gasteiger partial charge in [0.2, 0.25) is 6.29 Å². The average Bonchev–Trinajstić information content (AvgIpc) is 2.33. The third-order valence-corrected chi connectivity index (χ3v) is 3.43. The molecule has 1 aliphatic rings. The van der Waals surface area contributed by atoms with Crippen molar-refractivity contribution in [2.45, 2.75) is 45.3 Å². The summed E-state index contributed by atoms with van der Waals surface area (Å²) in [6.45, 7) is 2.06. The Bertz CT molecular complexity index is 269. The van der Waals surface area contributed by atoms with Crippen molar-refractivity contribution in [3.63, 3.8) is 0 Å². The first-order valence-corrected chi connectivity index (χ1v) is 6.28. The maximum absolute atomic E-state index is 12.2. The highest BCUT2D eigenvalue weighted by molar-refractivity contribution is 6.05. The van der Waals surface area contributed by atoms with Gasteiger partial charge < -0.3 is 9.47 Å². The van der Waals surface area contributed by atoms with Gasteiger partial charge >= 0.3 is 0 Å². The van der Waals surface area contributed by atoms with Crippen LogP contribution in [0, 0.1) is 11.8 Å². The molecule has 0 amide bonds. The number of carbonyl (C=O) groups is 2. The van der Waals surface area contributed by atoms with Gasteiger partial charge in [0.15, 0.2) is 5.78 Å². The molecule has 17 heavy (non-hydrogen) atoms. The number of hydrogen-bond donors (Lipinski definition) is 0. The largest absolute Gasteiger partial charge is 0.349 e. The van der Waals surface area contributed by atoms with Gasteiger partial charge in [-0.05, 0) is 19.3 Å². The van der Waals surface area contributed by atoms with Crippen LogP contribution in [0.3, 0.4) is 0 Å². The van der Waals surface area contributed by atoms with E-state index in [0.717, 1.165) is 25.7 Å². The fraction of sp³-hybridized carbons (Fsp3) is 0.846. The van der Waals surface area contributed by atoms with Crippen LogP contribution in [0.25, 0.3) is 0 Å². The van der Waals surface area contributed by atoms with E-state index in [9.17, 15) is 9.59 Å². The molecule has 0 saturated heterocycles. The molecule has 0 aromatic carbocycles. The summed E-state index contributed by atoms with van der Waals surface area (Å²) >= 11 is 0. The van der Waals surface area contributed by atoms with Gasteiger partial charge in [0.1, 0.15) is 5.78 Å². The Morgan fingerprint density at radius 1 is 1.35 bits per heavy atom. The number of ether oxygens (including phenoxy) is 2. The van der Waals surface area contributed by atoms with Crippen molar-refractivity contribution in [1.82, 2.24) is 0 Å². The monoisotopic (exact) mass is 242 g/mol. The van der Waals surface area contributed by atoms with Gasteiger partial charge in [-0.1, -0.05) is 19.8 Å².